The van der Waals surface area contributed by atoms with Gasteiger partial charge in [0.15, 0.2) is 0 Å². The van der Waals surface area contributed by atoms with Crippen molar-refractivity contribution in [1.29, 1.82) is 0 Å². The van der Waals surface area contributed by atoms with Crippen LogP contribution in [0.5, 0.6) is 0 Å². The SMILES string of the molecule is CCOC(=O)CCC(CNCCO)c1ccccc1. The average molecular weight is 265 g/mol. The number of benzene rings is 1. The molecule has 0 aliphatic heterocycles. The first-order chi connectivity index (χ1) is 9.27. The van der Waals surface area contributed by atoms with Gasteiger partial charge >= 0.3 is 5.97 Å². The number of carbonyl (C=O) groups is 1. The van der Waals surface area contributed by atoms with Crippen molar-refractivity contribution in [3.8, 4) is 0 Å². The highest BCUT2D eigenvalue weighted by Gasteiger charge is 2.13. The quantitative estimate of drug-likeness (QED) is 0.527. The van der Waals surface area contributed by atoms with E-state index >= 15 is 0 Å². The van der Waals surface area contributed by atoms with E-state index in [1.807, 2.05) is 25.1 Å². The first kappa shape index (κ1) is 15.7. The van der Waals surface area contributed by atoms with Crippen LogP contribution in [0.4, 0.5) is 0 Å². The molecule has 0 amide bonds. The molecule has 4 nitrogen and oxygen atoms in total. The van der Waals surface area contributed by atoms with Crippen LogP contribution in [-0.2, 0) is 9.53 Å². The number of carbonyl (C=O) groups excluding carboxylic acids is 1. The van der Waals surface area contributed by atoms with E-state index in [9.17, 15) is 4.79 Å². The predicted octanol–water partition coefficient (Wildman–Crippen LogP) is 1.70. The van der Waals surface area contributed by atoms with Crippen LogP contribution in [-0.4, -0.2) is 37.4 Å². The van der Waals surface area contributed by atoms with Gasteiger partial charge in [-0.25, -0.2) is 0 Å². The largest absolute Gasteiger partial charge is 0.466 e. The van der Waals surface area contributed by atoms with Gasteiger partial charge in [0, 0.05) is 19.5 Å². The Hall–Kier alpha value is -1.39. The molecule has 4 heteroatoms. The Bertz CT molecular complexity index is 354. The van der Waals surface area contributed by atoms with E-state index in [0.717, 1.165) is 13.0 Å². The Morgan fingerprint density at radius 2 is 2.11 bits per heavy atom. The molecule has 1 aromatic carbocycles. The number of aliphatic hydroxyl groups is 1. The van der Waals surface area contributed by atoms with Crippen molar-refractivity contribution < 1.29 is 14.6 Å². The third-order valence-electron chi connectivity index (χ3n) is 2.95. The number of rotatable bonds is 9. The fraction of sp³-hybridized carbons (Fsp3) is 0.533. The minimum atomic E-state index is -0.148. The molecule has 0 spiro atoms. The highest BCUT2D eigenvalue weighted by atomic mass is 16.5. The highest BCUT2D eigenvalue weighted by molar-refractivity contribution is 5.69. The smallest absolute Gasteiger partial charge is 0.305 e. The topological polar surface area (TPSA) is 58.6 Å². The zero-order valence-corrected chi connectivity index (χ0v) is 11.5. The summed E-state index contributed by atoms with van der Waals surface area (Å²) in [5.41, 5.74) is 1.21. The lowest BCUT2D eigenvalue weighted by Crippen LogP contribution is -2.25. The highest BCUT2D eigenvalue weighted by Crippen LogP contribution is 2.20. The Balaban J connectivity index is 2.52. The lowest BCUT2D eigenvalue weighted by atomic mass is 9.94. The lowest BCUT2D eigenvalue weighted by Gasteiger charge is -2.17. The predicted molar refractivity (Wildman–Crippen MR) is 75.0 cm³/mol. The van der Waals surface area contributed by atoms with Gasteiger partial charge in [0.05, 0.1) is 13.2 Å². The van der Waals surface area contributed by atoms with Gasteiger partial charge in [-0.2, -0.15) is 0 Å². The third-order valence-corrected chi connectivity index (χ3v) is 2.95. The maximum Gasteiger partial charge on any atom is 0.305 e. The minimum absolute atomic E-state index is 0.124. The summed E-state index contributed by atoms with van der Waals surface area (Å²) in [4.78, 5) is 11.4. The monoisotopic (exact) mass is 265 g/mol. The summed E-state index contributed by atoms with van der Waals surface area (Å²) >= 11 is 0. The van der Waals surface area contributed by atoms with Crippen LogP contribution in [0.1, 0.15) is 31.2 Å². The zero-order valence-electron chi connectivity index (χ0n) is 11.5. The van der Waals surface area contributed by atoms with E-state index < -0.39 is 0 Å². The van der Waals surface area contributed by atoms with Gasteiger partial charge in [0.2, 0.25) is 0 Å². The number of hydrogen-bond donors (Lipinski definition) is 2. The summed E-state index contributed by atoms with van der Waals surface area (Å²) in [5, 5.41) is 12.0. The number of esters is 1. The molecule has 0 heterocycles. The van der Waals surface area contributed by atoms with E-state index in [2.05, 4.69) is 17.4 Å². The van der Waals surface area contributed by atoms with Gasteiger partial charge < -0.3 is 15.2 Å². The van der Waals surface area contributed by atoms with Gasteiger partial charge in [-0.05, 0) is 24.8 Å². The first-order valence-corrected chi connectivity index (χ1v) is 6.80. The number of hydrogen-bond acceptors (Lipinski definition) is 4. The van der Waals surface area contributed by atoms with E-state index in [-0.39, 0.29) is 18.5 Å². The van der Waals surface area contributed by atoms with Crippen molar-refractivity contribution in [3.05, 3.63) is 35.9 Å². The van der Waals surface area contributed by atoms with Crippen LogP contribution >= 0.6 is 0 Å². The summed E-state index contributed by atoms with van der Waals surface area (Å²) in [7, 11) is 0. The molecule has 106 valence electrons. The van der Waals surface area contributed by atoms with Crippen molar-refractivity contribution in [3.63, 3.8) is 0 Å². The molecule has 1 unspecified atom stereocenters. The Morgan fingerprint density at radius 3 is 2.74 bits per heavy atom. The lowest BCUT2D eigenvalue weighted by molar-refractivity contribution is -0.143. The van der Waals surface area contributed by atoms with Gasteiger partial charge in [-0.15, -0.1) is 0 Å². The summed E-state index contributed by atoms with van der Waals surface area (Å²) in [6, 6.07) is 10.1. The Morgan fingerprint density at radius 1 is 1.37 bits per heavy atom. The molecule has 2 N–H and O–H groups in total. The van der Waals surface area contributed by atoms with Gasteiger partial charge in [0.25, 0.3) is 0 Å². The van der Waals surface area contributed by atoms with E-state index in [1.165, 1.54) is 5.56 Å². The first-order valence-electron chi connectivity index (χ1n) is 6.80. The van der Waals surface area contributed by atoms with Crippen molar-refractivity contribution in [2.75, 3.05) is 26.3 Å². The van der Waals surface area contributed by atoms with Gasteiger partial charge in [-0.1, -0.05) is 30.3 Å². The van der Waals surface area contributed by atoms with Crippen molar-refractivity contribution in [1.82, 2.24) is 5.32 Å². The summed E-state index contributed by atoms with van der Waals surface area (Å²) < 4.78 is 4.95. The number of ether oxygens (including phenoxy) is 1. The summed E-state index contributed by atoms with van der Waals surface area (Å²) in [6.45, 7) is 3.69. The Labute approximate surface area is 114 Å². The van der Waals surface area contributed by atoms with Crippen LogP contribution in [0, 0.1) is 0 Å². The normalized spacial score (nSPS) is 12.1. The minimum Gasteiger partial charge on any atom is -0.466 e. The molecule has 1 atom stereocenters. The Kier molecular flexibility index (Phi) is 7.86. The molecular formula is C15H23NO3. The van der Waals surface area contributed by atoms with Gasteiger partial charge in [0.1, 0.15) is 0 Å². The number of aliphatic hydroxyl groups excluding tert-OH is 1. The molecular weight excluding hydrogens is 242 g/mol. The molecule has 0 bridgehead atoms. The molecule has 0 fully saturated rings. The third kappa shape index (κ3) is 6.36. The second kappa shape index (κ2) is 9.53. The molecule has 1 rings (SSSR count). The molecule has 0 saturated heterocycles. The van der Waals surface area contributed by atoms with Crippen LogP contribution < -0.4 is 5.32 Å². The standard InChI is InChI=1S/C15H23NO3/c1-2-19-15(18)9-8-14(12-16-10-11-17)13-6-4-3-5-7-13/h3-7,14,16-17H,2,8-12H2,1H3. The molecule has 0 saturated carbocycles. The van der Waals surface area contributed by atoms with Crippen molar-refractivity contribution in [2.45, 2.75) is 25.7 Å². The zero-order chi connectivity index (χ0) is 13.9. The fourth-order valence-corrected chi connectivity index (χ4v) is 1.99. The van der Waals surface area contributed by atoms with Gasteiger partial charge in [-0.3, -0.25) is 4.79 Å². The van der Waals surface area contributed by atoms with Crippen LogP contribution in [0.2, 0.25) is 0 Å². The summed E-state index contributed by atoms with van der Waals surface area (Å²) in [6.07, 6.45) is 1.18. The van der Waals surface area contributed by atoms with Crippen molar-refractivity contribution in [2.24, 2.45) is 0 Å². The molecule has 0 aliphatic carbocycles. The molecule has 19 heavy (non-hydrogen) atoms. The van der Waals surface area contributed by atoms with Crippen molar-refractivity contribution >= 4 is 5.97 Å². The second-order valence-electron chi connectivity index (χ2n) is 4.38. The molecule has 1 aromatic rings. The second-order valence-corrected chi connectivity index (χ2v) is 4.38. The van der Waals surface area contributed by atoms with Crippen LogP contribution in [0.15, 0.2) is 30.3 Å². The molecule has 0 aliphatic rings. The van der Waals surface area contributed by atoms with E-state index in [0.29, 0.717) is 19.6 Å². The summed E-state index contributed by atoms with van der Waals surface area (Å²) in [5.74, 6) is 0.114. The van der Waals surface area contributed by atoms with Crippen LogP contribution in [0.3, 0.4) is 0 Å². The average Bonchev–Trinajstić information content (AvgIpc) is 2.44. The van der Waals surface area contributed by atoms with E-state index in [4.69, 9.17) is 9.84 Å². The maximum atomic E-state index is 11.4. The number of nitrogens with one attached hydrogen (secondary N) is 1. The van der Waals surface area contributed by atoms with E-state index in [1.54, 1.807) is 0 Å². The fourth-order valence-electron chi connectivity index (χ4n) is 1.99. The molecule has 0 aromatic heterocycles. The maximum absolute atomic E-state index is 11.4. The molecule has 0 radical (unpaired) electrons. The van der Waals surface area contributed by atoms with Crippen LogP contribution in [0.25, 0.3) is 0 Å².